The van der Waals surface area contributed by atoms with Crippen molar-refractivity contribution in [1.82, 2.24) is 5.32 Å². The summed E-state index contributed by atoms with van der Waals surface area (Å²) in [5, 5.41) is 3.18. The van der Waals surface area contributed by atoms with Gasteiger partial charge >= 0.3 is 0 Å². The van der Waals surface area contributed by atoms with Crippen LogP contribution in [0, 0.1) is 12.7 Å². The predicted octanol–water partition coefficient (Wildman–Crippen LogP) is 3.49. The Kier molecular flexibility index (Phi) is 4.74. The highest BCUT2D eigenvalue weighted by atomic mass is 19.1. The van der Waals surface area contributed by atoms with Gasteiger partial charge in [0.15, 0.2) is 0 Å². The number of hydrogen-bond donors (Lipinski definition) is 1. The van der Waals surface area contributed by atoms with E-state index in [1.54, 1.807) is 6.07 Å². The summed E-state index contributed by atoms with van der Waals surface area (Å²) < 4.78 is 13.7. The van der Waals surface area contributed by atoms with Crippen LogP contribution in [0.2, 0.25) is 0 Å². The Morgan fingerprint density at radius 1 is 1.10 bits per heavy atom. The number of benzene rings is 2. The summed E-state index contributed by atoms with van der Waals surface area (Å²) in [4.78, 5) is 2.09. The van der Waals surface area contributed by atoms with Crippen LogP contribution in [0.4, 0.5) is 10.1 Å². The van der Waals surface area contributed by atoms with E-state index in [4.69, 9.17) is 0 Å². The first-order chi connectivity index (χ1) is 9.61. The minimum absolute atomic E-state index is 0.151. The summed E-state index contributed by atoms with van der Waals surface area (Å²) in [5.74, 6) is -0.151. The smallest absolute Gasteiger partial charge is 0.128 e. The number of anilines is 1. The predicted molar refractivity (Wildman–Crippen MR) is 82.4 cm³/mol. The van der Waals surface area contributed by atoms with Crippen LogP contribution in [-0.4, -0.2) is 14.1 Å². The molecule has 0 aliphatic rings. The lowest BCUT2D eigenvalue weighted by Gasteiger charge is -2.23. The molecule has 0 radical (unpaired) electrons. The first-order valence-electron chi connectivity index (χ1n) is 6.80. The van der Waals surface area contributed by atoms with Gasteiger partial charge in [0, 0.05) is 31.4 Å². The largest absolute Gasteiger partial charge is 0.370 e. The van der Waals surface area contributed by atoms with Gasteiger partial charge in [-0.25, -0.2) is 4.39 Å². The standard InChI is InChI=1S/C17H21FN2/c1-13-8-9-17(15(10-13)11-19-2)20(3)12-14-6-4-5-7-16(14)18/h4-10,19H,11-12H2,1-3H3. The number of hydrogen-bond acceptors (Lipinski definition) is 2. The van der Waals surface area contributed by atoms with Gasteiger partial charge in [-0.1, -0.05) is 35.9 Å². The first-order valence-corrected chi connectivity index (χ1v) is 6.80. The summed E-state index contributed by atoms with van der Waals surface area (Å²) in [6.45, 7) is 3.45. The minimum Gasteiger partial charge on any atom is -0.370 e. The van der Waals surface area contributed by atoms with Crippen molar-refractivity contribution < 1.29 is 4.39 Å². The average molecular weight is 272 g/mol. The molecular formula is C17H21FN2. The molecule has 0 amide bonds. The van der Waals surface area contributed by atoms with E-state index < -0.39 is 0 Å². The van der Waals surface area contributed by atoms with Gasteiger partial charge in [0.25, 0.3) is 0 Å². The van der Waals surface area contributed by atoms with Crippen molar-refractivity contribution in [3.8, 4) is 0 Å². The van der Waals surface area contributed by atoms with Crippen molar-refractivity contribution in [2.75, 3.05) is 19.0 Å². The summed E-state index contributed by atoms with van der Waals surface area (Å²) in [5.41, 5.74) is 4.31. The first kappa shape index (κ1) is 14.5. The van der Waals surface area contributed by atoms with Crippen LogP contribution in [0.3, 0.4) is 0 Å². The van der Waals surface area contributed by atoms with Crippen molar-refractivity contribution >= 4 is 5.69 Å². The number of aryl methyl sites for hydroxylation is 1. The zero-order chi connectivity index (χ0) is 14.5. The molecule has 2 rings (SSSR count). The Morgan fingerprint density at radius 3 is 2.55 bits per heavy atom. The lowest BCUT2D eigenvalue weighted by molar-refractivity contribution is 0.607. The molecule has 0 fully saturated rings. The van der Waals surface area contributed by atoms with E-state index in [0.717, 1.165) is 12.2 Å². The van der Waals surface area contributed by atoms with Crippen LogP contribution in [0.15, 0.2) is 42.5 Å². The second kappa shape index (κ2) is 6.53. The Morgan fingerprint density at radius 2 is 1.85 bits per heavy atom. The van der Waals surface area contributed by atoms with Gasteiger partial charge < -0.3 is 10.2 Å². The van der Waals surface area contributed by atoms with Gasteiger partial charge in [0.2, 0.25) is 0 Å². The Hall–Kier alpha value is -1.87. The second-order valence-electron chi connectivity index (χ2n) is 5.11. The lowest BCUT2D eigenvalue weighted by atomic mass is 10.1. The summed E-state index contributed by atoms with van der Waals surface area (Å²) in [6.07, 6.45) is 0. The quantitative estimate of drug-likeness (QED) is 0.896. The molecule has 2 aromatic carbocycles. The average Bonchev–Trinajstić information content (AvgIpc) is 2.42. The molecule has 0 aliphatic carbocycles. The van der Waals surface area contributed by atoms with Crippen molar-refractivity contribution in [1.29, 1.82) is 0 Å². The highest BCUT2D eigenvalue weighted by Gasteiger charge is 2.10. The molecular weight excluding hydrogens is 251 g/mol. The third kappa shape index (κ3) is 3.36. The van der Waals surface area contributed by atoms with E-state index >= 15 is 0 Å². The molecule has 2 nitrogen and oxygen atoms in total. The highest BCUT2D eigenvalue weighted by Crippen LogP contribution is 2.23. The summed E-state index contributed by atoms with van der Waals surface area (Å²) in [6, 6.07) is 13.3. The zero-order valence-corrected chi connectivity index (χ0v) is 12.3. The third-order valence-corrected chi connectivity index (χ3v) is 3.38. The molecule has 0 saturated carbocycles. The van der Waals surface area contributed by atoms with Gasteiger partial charge in [-0.3, -0.25) is 0 Å². The monoisotopic (exact) mass is 272 g/mol. The summed E-state index contributed by atoms with van der Waals surface area (Å²) in [7, 11) is 3.93. The van der Waals surface area contributed by atoms with Gasteiger partial charge in [-0.2, -0.15) is 0 Å². The van der Waals surface area contributed by atoms with E-state index in [0.29, 0.717) is 12.1 Å². The highest BCUT2D eigenvalue weighted by molar-refractivity contribution is 5.54. The zero-order valence-electron chi connectivity index (χ0n) is 12.3. The number of halogens is 1. The van der Waals surface area contributed by atoms with E-state index in [2.05, 4.69) is 35.3 Å². The summed E-state index contributed by atoms with van der Waals surface area (Å²) >= 11 is 0. The van der Waals surface area contributed by atoms with Gasteiger partial charge in [-0.05, 0) is 31.7 Å². The van der Waals surface area contributed by atoms with Crippen molar-refractivity contribution in [3.63, 3.8) is 0 Å². The molecule has 0 aromatic heterocycles. The molecule has 0 saturated heterocycles. The molecule has 0 atom stereocenters. The Balaban J connectivity index is 2.25. The van der Waals surface area contributed by atoms with E-state index in [1.807, 2.05) is 26.2 Å². The van der Waals surface area contributed by atoms with Crippen LogP contribution in [-0.2, 0) is 13.1 Å². The van der Waals surface area contributed by atoms with E-state index in [-0.39, 0.29) is 5.82 Å². The van der Waals surface area contributed by atoms with Crippen molar-refractivity contribution in [2.24, 2.45) is 0 Å². The topological polar surface area (TPSA) is 15.3 Å². The molecule has 0 bridgehead atoms. The lowest BCUT2D eigenvalue weighted by Crippen LogP contribution is -2.20. The Bertz CT molecular complexity index is 581. The number of nitrogens with one attached hydrogen (secondary N) is 1. The SMILES string of the molecule is CNCc1cc(C)ccc1N(C)Cc1ccccc1F. The molecule has 1 N–H and O–H groups in total. The number of rotatable bonds is 5. The van der Waals surface area contributed by atoms with Gasteiger partial charge in [0.1, 0.15) is 5.82 Å². The minimum atomic E-state index is -0.151. The third-order valence-electron chi connectivity index (χ3n) is 3.38. The molecule has 0 unspecified atom stereocenters. The maximum Gasteiger partial charge on any atom is 0.128 e. The second-order valence-corrected chi connectivity index (χ2v) is 5.11. The molecule has 20 heavy (non-hydrogen) atoms. The Labute approximate surface area is 120 Å². The fraction of sp³-hybridized carbons (Fsp3) is 0.294. The molecule has 0 aliphatic heterocycles. The number of nitrogens with zero attached hydrogens (tertiary/aromatic N) is 1. The van der Waals surface area contributed by atoms with Crippen molar-refractivity contribution in [3.05, 3.63) is 65.0 Å². The van der Waals surface area contributed by atoms with Gasteiger partial charge in [-0.15, -0.1) is 0 Å². The van der Waals surface area contributed by atoms with Crippen LogP contribution in [0.25, 0.3) is 0 Å². The maximum absolute atomic E-state index is 13.7. The van der Waals surface area contributed by atoms with Crippen LogP contribution >= 0.6 is 0 Å². The molecule has 2 aromatic rings. The van der Waals surface area contributed by atoms with Crippen molar-refractivity contribution in [2.45, 2.75) is 20.0 Å². The fourth-order valence-electron chi connectivity index (χ4n) is 2.39. The van der Waals surface area contributed by atoms with Crippen LogP contribution < -0.4 is 10.2 Å². The molecule has 0 heterocycles. The molecule has 0 spiro atoms. The molecule has 106 valence electrons. The molecule has 3 heteroatoms. The maximum atomic E-state index is 13.7. The van der Waals surface area contributed by atoms with E-state index in [1.165, 1.54) is 17.2 Å². The normalized spacial score (nSPS) is 10.6. The van der Waals surface area contributed by atoms with Gasteiger partial charge in [0.05, 0.1) is 0 Å². The van der Waals surface area contributed by atoms with E-state index in [9.17, 15) is 4.39 Å². The van der Waals surface area contributed by atoms with Crippen LogP contribution in [0.1, 0.15) is 16.7 Å². The van der Waals surface area contributed by atoms with Crippen LogP contribution in [0.5, 0.6) is 0 Å². The fourth-order valence-corrected chi connectivity index (χ4v) is 2.39.